The molecule has 0 aliphatic heterocycles. The molecule has 100 valence electrons. The SMILES string of the molecule is CC(C)(C)c1ccc2c(n1)C(O)(C(F)(F)F)CC2. The lowest BCUT2D eigenvalue weighted by Crippen LogP contribution is -2.41. The monoisotopic (exact) mass is 259 g/mol. The van der Waals surface area contributed by atoms with E-state index < -0.39 is 11.8 Å². The second-order valence-corrected chi connectivity index (χ2v) is 5.81. The molecule has 1 aromatic heterocycles. The van der Waals surface area contributed by atoms with E-state index in [1.165, 1.54) is 0 Å². The van der Waals surface area contributed by atoms with Crippen LogP contribution in [0.3, 0.4) is 0 Å². The smallest absolute Gasteiger partial charge is 0.375 e. The van der Waals surface area contributed by atoms with Gasteiger partial charge in [-0.05, 0) is 24.5 Å². The summed E-state index contributed by atoms with van der Waals surface area (Å²) >= 11 is 0. The molecular formula is C13H16F3NO. The highest BCUT2D eigenvalue weighted by Gasteiger charge is 2.59. The first-order valence-electron chi connectivity index (χ1n) is 5.86. The van der Waals surface area contributed by atoms with E-state index in [0.717, 1.165) is 0 Å². The number of hydrogen-bond acceptors (Lipinski definition) is 2. The zero-order chi connectivity index (χ0) is 13.8. The molecule has 2 rings (SSSR count). The molecule has 1 aliphatic rings. The van der Waals surface area contributed by atoms with Crippen molar-refractivity contribution in [3.05, 3.63) is 29.1 Å². The second-order valence-electron chi connectivity index (χ2n) is 5.81. The third-order valence-electron chi connectivity index (χ3n) is 3.36. The molecule has 18 heavy (non-hydrogen) atoms. The van der Waals surface area contributed by atoms with Crippen molar-refractivity contribution in [3.63, 3.8) is 0 Å². The van der Waals surface area contributed by atoms with Gasteiger partial charge in [-0.1, -0.05) is 26.8 Å². The van der Waals surface area contributed by atoms with Gasteiger partial charge in [-0.15, -0.1) is 0 Å². The molecule has 0 amide bonds. The number of nitrogens with zero attached hydrogens (tertiary/aromatic N) is 1. The summed E-state index contributed by atoms with van der Waals surface area (Å²) in [5.41, 5.74) is -2.30. The fourth-order valence-electron chi connectivity index (χ4n) is 2.18. The summed E-state index contributed by atoms with van der Waals surface area (Å²) in [5.74, 6) is 0. The van der Waals surface area contributed by atoms with Crippen molar-refractivity contribution in [2.45, 2.75) is 50.8 Å². The van der Waals surface area contributed by atoms with Crippen molar-refractivity contribution in [3.8, 4) is 0 Å². The minimum Gasteiger partial charge on any atom is -0.375 e. The number of aliphatic hydroxyl groups is 1. The van der Waals surface area contributed by atoms with Gasteiger partial charge in [0.2, 0.25) is 5.60 Å². The zero-order valence-electron chi connectivity index (χ0n) is 10.6. The van der Waals surface area contributed by atoms with Gasteiger partial charge in [0.15, 0.2) is 0 Å². The molecule has 0 saturated heterocycles. The quantitative estimate of drug-likeness (QED) is 0.776. The Hall–Kier alpha value is -1.10. The average molecular weight is 259 g/mol. The van der Waals surface area contributed by atoms with Gasteiger partial charge in [0.25, 0.3) is 0 Å². The molecule has 2 nitrogen and oxygen atoms in total. The van der Waals surface area contributed by atoms with Gasteiger partial charge >= 0.3 is 6.18 Å². The summed E-state index contributed by atoms with van der Waals surface area (Å²) < 4.78 is 38.9. The van der Waals surface area contributed by atoms with E-state index in [4.69, 9.17) is 0 Å². The van der Waals surface area contributed by atoms with Gasteiger partial charge < -0.3 is 5.11 Å². The first-order chi connectivity index (χ1) is 8.06. The van der Waals surface area contributed by atoms with E-state index in [1.807, 2.05) is 20.8 Å². The maximum absolute atomic E-state index is 13.0. The summed E-state index contributed by atoms with van der Waals surface area (Å²) in [6.07, 6.45) is -4.81. The number of rotatable bonds is 0. The zero-order valence-corrected chi connectivity index (χ0v) is 10.6. The Kier molecular flexibility index (Phi) is 2.74. The number of halogens is 3. The number of fused-ring (bicyclic) bond motifs is 1. The van der Waals surface area contributed by atoms with Gasteiger partial charge in [0.05, 0.1) is 5.69 Å². The maximum Gasteiger partial charge on any atom is 0.423 e. The summed E-state index contributed by atoms with van der Waals surface area (Å²) in [7, 11) is 0. The van der Waals surface area contributed by atoms with Crippen LogP contribution < -0.4 is 0 Å². The highest BCUT2D eigenvalue weighted by atomic mass is 19.4. The Balaban J connectivity index is 2.56. The average Bonchev–Trinajstić information content (AvgIpc) is 2.55. The van der Waals surface area contributed by atoms with E-state index in [2.05, 4.69) is 4.98 Å². The number of pyridine rings is 1. The highest BCUT2D eigenvalue weighted by molar-refractivity contribution is 5.35. The molecule has 0 fully saturated rings. The Morgan fingerprint density at radius 3 is 2.33 bits per heavy atom. The molecule has 0 spiro atoms. The molecule has 1 aromatic rings. The molecule has 1 N–H and O–H groups in total. The van der Waals surface area contributed by atoms with Crippen LogP contribution in [0, 0.1) is 0 Å². The standard InChI is InChI=1S/C13H16F3NO/c1-11(2,3)9-5-4-8-6-7-12(18,10(8)17-9)13(14,15)16/h4-5,18H,6-7H2,1-3H3. The number of hydrogen-bond donors (Lipinski definition) is 1. The van der Waals surface area contributed by atoms with E-state index in [1.54, 1.807) is 12.1 Å². The van der Waals surface area contributed by atoms with Gasteiger partial charge in [-0.25, -0.2) is 0 Å². The van der Waals surface area contributed by atoms with E-state index >= 15 is 0 Å². The van der Waals surface area contributed by atoms with Crippen LogP contribution in [0.15, 0.2) is 12.1 Å². The molecule has 0 bridgehead atoms. The summed E-state index contributed by atoms with van der Waals surface area (Å²) in [4.78, 5) is 4.07. The maximum atomic E-state index is 13.0. The van der Waals surface area contributed by atoms with Crippen LogP contribution >= 0.6 is 0 Å². The fourth-order valence-corrected chi connectivity index (χ4v) is 2.18. The summed E-state index contributed by atoms with van der Waals surface area (Å²) in [6.45, 7) is 5.63. The van der Waals surface area contributed by atoms with Crippen LogP contribution in [-0.2, 0) is 17.4 Å². The summed E-state index contributed by atoms with van der Waals surface area (Å²) in [6, 6.07) is 3.38. The molecule has 1 unspecified atom stereocenters. The molecule has 0 saturated carbocycles. The molecule has 1 atom stereocenters. The van der Waals surface area contributed by atoms with E-state index in [-0.39, 0.29) is 24.0 Å². The van der Waals surface area contributed by atoms with Gasteiger partial charge in [-0.3, -0.25) is 4.98 Å². The molecule has 5 heteroatoms. The Labute approximate surface area is 104 Å². The van der Waals surface area contributed by atoms with E-state index in [0.29, 0.717) is 11.3 Å². The lowest BCUT2D eigenvalue weighted by molar-refractivity contribution is -0.266. The van der Waals surface area contributed by atoms with Crippen LogP contribution in [0.5, 0.6) is 0 Å². The first kappa shape index (κ1) is 13.3. The normalized spacial score (nSPS) is 24.2. The largest absolute Gasteiger partial charge is 0.423 e. The Morgan fingerprint density at radius 1 is 1.22 bits per heavy atom. The van der Waals surface area contributed by atoms with Crippen LogP contribution in [-0.4, -0.2) is 16.3 Å². The van der Waals surface area contributed by atoms with E-state index in [9.17, 15) is 18.3 Å². The van der Waals surface area contributed by atoms with Crippen molar-refractivity contribution < 1.29 is 18.3 Å². The number of aryl methyl sites for hydroxylation is 1. The van der Waals surface area contributed by atoms with Crippen LogP contribution in [0.25, 0.3) is 0 Å². The first-order valence-corrected chi connectivity index (χ1v) is 5.86. The summed E-state index contributed by atoms with van der Waals surface area (Å²) in [5, 5.41) is 9.88. The van der Waals surface area contributed by atoms with Gasteiger partial charge in [0, 0.05) is 11.1 Å². The predicted octanol–water partition coefficient (Wildman–Crippen LogP) is 3.08. The van der Waals surface area contributed by atoms with Crippen LogP contribution in [0.1, 0.15) is 44.1 Å². The number of aromatic nitrogens is 1. The van der Waals surface area contributed by atoms with Crippen LogP contribution in [0.2, 0.25) is 0 Å². The van der Waals surface area contributed by atoms with Crippen molar-refractivity contribution in [1.29, 1.82) is 0 Å². The number of alkyl halides is 3. The topological polar surface area (TPSA) is 33.1 Å². The lowest BCUT2D eigenvalue weighted by atomic mass is 9.90. The van der Waals surface area contributed by atoms with Crippen LogP contribution in [0.4, 0.5) is 13.2 Å². The minimum absolute atomic E-state index is 0.211. The Bertz CT molecular complexity index is 476. The van der Waals surface area contributed by atoms with Gasteiger partial charge in [0.1, 0.15) is 0 Å². The highest BCUT2D eigenvalue weighted by Crippen LogP contribution is 2.47. The minimum atomic E-state index is -4.68. The molecule has 1 heterocycles. The lowest BCUT2D eigenvalue weighted by Gasteiger charge is -2.27. The van der Waals surface area contributed by atoms with Crippen molar-refractivity contribution in [2.24, 2.45) is 0 Å². The fraction of sp³-hybridized carbons (Fsp3) is 0.615. The predicted molar refractivity (Wildman–Crippen MR) is 61.2 cm³/mol. The molecular weight excluding hydrogens is 243 g/mol. The van der Waals surface area contributed by atoms with Crippen molar-refractivity contribution >= 4 is 0 Å². The molecule has 1 aliphatic carbocycles. The third kappa shape index (κ3) is 1.90. The van der Waals surface area contributed by atoms with Crippen molar-refractivity contribution in [1.82, 2.24) is 4.98 Å². The third-order valence-corrected chi connectivity index (χ3v) is 3.36. The molecule has 0 radical (unpaired) electrons. The van der Waals surface area contributed by atoms with Crippen molar-refractivity contribution in [2.75, 3.05) is 0 Å². The Morgan fingerprint density at radius 2 is 1.83 bits per heavy atom. The molecule has 0 aromatic carbocycles. The van der Waals surface area contributed by atoms with Gasteiger partial charge in [-0.2, -0.15) is 13.2 Å². The second kappa shape index (κ2) is 3.70.